The van der Waals surface area contributed by atoms with Crippen LogP contribution in [0.4, 0.5) is 5.69 Å². The predicted molar refractivity (Wildman–Crippen MR) is 98.0 cm³/mol. The Morgan fingerprint density at radius 1 is 1.24 bits per heavy atom. The number of nitrogens with zero attached hydrogens (tertiary/aromatic N) is 1. The van der Waals surface area contributed by atoms with Crippen LogP contribution in [0.15, 0.2) is 59.5 Å². The van der Waals surface area contributed by atoms with Crippen LogP contribution in [0.3, 0.4) is 0 Å². The van der Waals surface area contributed by atoms with Crippen LogP contribution in [0.25, 0.3) is 6.08 Å². The lowest BCUT2D eigenvalue weighted by Gasteiger charge is -2.05. The summed E-state index contributed by atoms with van der Waals surface area (Å²) in [5, 5.41) is 11.4. The molecule has 1 amide bonds. The maximum atomic E-state index is 11.8. The highest BCUT2D eigenvalue weighted by Gasteiger charge is 2.06. The minimum Gasteiger partial charge on any atom is -0.452 e. The minimum absolute atomic E-state index is 0.397. The first-order valence-electron chi connectivity index (χ1n) is 7.39. The fourth-order valence-electron chi connectivity index (χ4n) is 1.93. The first kappa shape index (κ1) is 18.3. The molecule has 0 saturated carbocycles. The van der Waals surface area contributed by atoms with Gasteiger partial charge in [0.2, 0.25) is 0 Å². The third kappa shape index (κ3) is 6.16. The van der Waals surface area contributed by atoms with Gasteiger partial charge in [0.15, 0.2) is 6.61 Å². The second kappa shape index (κ2) is 9.30. The summed E-state index contributed by atoms with van der Waals surface area (Å²) in [5.41, 5.74) is 1.78. The van der Waals surface area contributed by atoms with Crippen molar-refractivity contribution in [1.82, 2.24) is 0 Å². The van der Waals surface area contributed by atoms with Gasteiger partial charge in [-0.05, 0) is 48.2 Å². The van der Waals surface area contributed by atoms with Crippen LogP contribution in [0, 0.1) is 11.3 Å². The molecule has 126 valence electrons. The number of hydrogen-bond acceptors (Lipinski definition) is 5. The van der Waals surface area contributed by atoms with Crippen LogP contribution in [0.5, 0.6) is 0 Å². The van der Waals surface area contributed by atoms with Crippen molar-refractivity contribution in [2.45, 2.75) is 4.90 Å². The molecule has 0 bridgehead atoms. The first-order valence-corrected chi connectivity index (χ1v) is 8.62. The van der Waals surface area contributed by atoms with Crippen LogP contribution in [-0.2, 0) is 14.3 Å². The maximum Gasteiger partial charge on any atom is 0.331 e. The number of ether oxygens (including phenoxy) is 1. The van der Waals surface area contributed by atoms with Crippen LogP contribution in [0.2, 0.25) is 0 Å². The highest BCUT2D eigenvalue weighted by Crippen LogP contribution is 2.15. The third-order valence-electron chi connectivity index (χ3n) is 3.15. The molecule has 0 aliphatic rings. The minimum atomic E-state index is -0.602. The Bertz CT molecular complexity index is 823. The van der Waals surface area contributed by atoms with Gasteiger partial charge in [-0.1, -0.05) is 18.2 Å². The van der Waals surface area contributed by atoms with Crippen LogP contribution < -0.4 is 5.32 Å². The van der Waals surface area contributed by atoms with E-state index in [1.54, 1.807) is 36.0 Å². The van der Waals surface area contributed by atoms with E-state index in [4.69, 9.17) is 10.00 Å². The zero-order valence-electron chi connectivity index (χ0n) is 13.6. The van der Waals surface area contributed by atoms with E-state index in [-0.39, 0.29) is 0 Å². The van der Waals surface area contributed by atoms with Gasteiger partial charge in [-0.2, -0.15) is 5.26 Å². The summed E-state index contributed by atoms with van der Waals surface area (Å²) in [5.74, 6) is -1.07. The van der Waals surface area contributed by atoms with Gasteiger partial charge < -0.3 is 10.1 Å². The van der Waals surface area contributed by atoms with E-state index in [0.29, 0.717) is 11.3 Å². The lowest BCUT2D eigenvalue weighted by molar-refractivity contribution is -0.142. The number of amides is 1. The Hall–Kier alpha value is -3.04. The van der Waals surface area contributed by atoms with Gasteiger partial charge in [0, 0.05) is 16.7 Å². The van der Waals surface area contributed by atoms with Gasteiger partial charge in [-0.3, -0.25) is 4.79 Å². The van der Waals surface area contributed by atoms with Crippen molar-refractivity contribution in [2.75, 3.05) is 18.2 Å². The second-order valence-electron chi connectivity index (χ2n) is 4.95. The van der Waals surface area contributed by atoms with Crippen LogP contribution in [0.1, 0.15) is 11.1 Å². The Labute approximate surface area is 150 Å². The van der Waals surface area contributed by atoms with Gasteiger partial charge in [0.1, 0.15) is 0 Å². The summed E-state index contributed by atoms with van der Waals surface area (Å²) in [6, 6.07) is 16.2. The molecule has 5 nitrogen and oxygen atoms in total. The molecule has 2 aromatic carbocycles. The summed E-state index contributed by atoms with van der Waals surface area (Å²) in [6.07, 6.45) is 4.89. The fourth-order valence-corrected chi connectivity index (χ4v) is 2.34. The number of rotatable bonds is 6. The van der Waals surface area contributed by atoms with Crippen molar-refractivity contribution >= 4 is 35.4 Å². The number of carbonyl (C=O) groups excluding carboxylic acids is 2. The molecule has 0 aromatic heterocycles. The number of nitriles is 1. The highest BCUT2D eigenvalue weighted by molar-refractivity contribution is 7.98. The monoisotopic (exact) mass is 352 g/mol. The molecule has 0 unspecified atom stereocenters. The number of hydrogen-bond donors (Lipinski definition) is 1. The highest BCUT2D eigenvalue weighted by atomic mass is 32.2. The van der Waals surface area contributed by atoms with Crippen molar-refractivity contribution in [3.63, 3.8) is 0 Å². The number of thioether (sulfide) groups is 1. The summed E-state index contributed by atoms with van der Waals surface area (Å²) >= 11 is 1.64. The lowest BCUT2D eigenvalue weighted by Crippen LogP contribution is -2.20. The van der Waals surface area contributed by atoms with Gasteiger partial charge in [-0.25, -0.2) is 4.79 Å². The number of carbonyl (C=O) groups is 2. The van der Waals surface area contributed by atoms with Gasteiger partial charge in [0.25, 0.3) is 5.91 Å². The smallest absolute Gasteiger partial charge is 0.331 e. The number of nitrogens with one attached hydrogen (secondary N) is 1. The van der Waals surface area contributed by atoms with Crippen LogP contribution in [-0.4, -0.2) is 24.7 Å². The summed E-state index contributed by atoms with van der Waals surface area (Å²) in [7, 11) is 0. The predicted octanol–water partition coefficient (Wildman–Crippen LogP) is 3.48. The van der Waals surface area contributed by atoms with E-state index in [1.807, 2.05) is 36.6 Å². The Kier molecular flexibility index (Phi) is 6.81. The summed E-state index contributed by atoms with van der Waals surface area (Å²) in [4.78, 5) is 24.6. The average molecular weight is 352 g/mol. The molecule has 0 spiro atoms. The molecule has 0 aliphatic heterocycles. The van der Waals surface area contributed by atoms with E-state index in [0.717, 1.165) is 10.5 Å². The zero-order valence-corrected chi connectivity index (χ0v) is 14.4. The molecule has 0 atom stereocenters. The molecule has 1 N–H and O–H groups in total. The number of benzene rings is 2. The maximum absolute atomic E-state index is 11.8. The molecule has 0 fully saturated rings. The van der Waals surface area contributed by atoms with Crippen LogP contribution >= 0.6 is 11.8 Å². The summed E-state index contributed by atoms with van der Waals surface area (Å²) in [6.45, 7) is -0.397. The Morgan fingerprint density at radius 2 is 2.00 bits per heavy atom. The second-order valence-corrected chi connectivity index (χ2v) is 5.83. The third-order valence-corrected chi connectivity index (χ3v) is 3.89. The van der Waals surface area contributed by atoms with E-state index in [1.165, 1.54) is 12.1 Å². The topological polar surface area (TPSA) is 79.2 Å². The summed E-state index contributed by atoms with van der Waals surface area (Å²) < 4.78 is 4.89. The van der Waals surface area contributed by atoms with E-state index in [2.05, 4.69) is 5.32 Å². The molecular weight excluding hydrogens is 336 g/mol. The van der Waals surface area contributed by atoms with E-state index >= 15 is 0 Å². The largest absolute Gasteiger partial charge is 0.452 e. The first-order chi connectivity index (χ1) is 12.1. The molecule has 0 aliphatic carbocycles. The molecule has 0 radical (unpaired) electrons. The molecule has 6 heteroatoms. The Morgan fingerprint density at radius 3 is 2.68 bits per heavy atom. The SMILES string of the molecule is CSc1ccc(/C=C/C(=O)OCC(=O)Nc2cccc(C#N)c2)cc1. The lowest BCUT2D eigenvalue weighted by atomic mass is 10.2. The zero-order chi connectivity index (χ0) is 18.1. The van der Waals surface area contributed by atoms with Gasteiger partial charge >= 0.3 is 5.97 Å². The van der Waals surface area contributed by atoms with Gasteiger partial charge in [0.05, 0.1) is 11.6 Å². The molecule has 0 saturated heterocycles. The van der Waals surface area contributed by atoms with Gasteiger partial charge in [-0.15, -0.1) is 11.8 Å². The van der Waals surface area contributed by atoms with Crippen molar-refractivity contribution in [2.24, 2.45) is 0 Å². The Balaban J connectivity index is 1.81. The molecule has 25 heavy (non-hydrogen) atoms. The molecular formula is C19H16N2O3S. The average Bonchev–Trinajstić information content (AvgIpc) is 2.65. The van der Waals surface area contributed by atoms with Crippen molar-refractivity contribution in [3.05, 3.63) is 65.7 Å². The van der Waals surface area contributed by atoms with Crippen molar-refractivity contribution < 1.29 is 14.3 Å². The normalized spacial score (nSPS) is 10.2. The van der Waals surface area contributed by atoms with E-state index < -0.39 is 18.5 Å². The quantitative estimate of drug-likeness (QED) is 0.489. The molecule has 0 heterocycles. The van der Waals surface area contributed by atoms with Crippen molar-refractivity contribution in [1.29, 1.82) is 5.26 Å². The number of esters is 1. The fraction of sp³-hybridized carbons (Fsp3) is 0.105. The van der Waals surface area contributed by atoms with E-state index in [9.17, 15) is 9.59 Å². The molecule has 2 rings (SSSR count). The number of anilines is 1. The van der Waals surface area contributed by atoms with Crippen molar-refractivity contribution in [3.8, 4) is 6.07 Å². The standard InChI is InChI=1S/C19H16N2O3S/c1-25-17-8-5-14(6-9-17)7-10-19(23)24-13-18(22)21-16-4-2-3-15(11-16)12-20/h2-11H,13H2,1H3,(H,21,22)/b10-7+. The molecule has 2 aromatic rings.